The number of hydrogen-bond donors (Lipinski definition) is 1. The van der Waals surface area contributed by atoms with E-state index in [2.05, 4.69) is 0 Å². The molecule has 0 heterocycles. The van der Waals surface area contributed by atoms with Gasteiger partial charge in [-0.05, 0) is 62.4 Å². The van der Waals surface area contributed by atoms with E-state index in [1.54, 1.807) is 6.07 Å². The lowest BCUT2D eigenvalue weighted by molar-refractivity contribution is 0.153. The molecule has 2 nitrogen and oxygen atoms in total. The first-order chi connectivity index (χ1) is 8.29. The van der Waals surface area contributed by atoms with Gasteiger partial charge in [-0.25, -0.2) is 4.39 Å². The van der Waals surface area contributed by atoms with Gasteiger partial charge in [-0.3, -0.25) is 0 Å². The van der Waals surface area contributed by atoms with Crippen LogP contribution >= 0.6 is 0 Å². The van der Waals surface area contributed by atoms with Crippen LogP contribution in [0.1, 0.15) is 37.7 Å². The van der Waals surface area contributed by atoms with Crippen LogP contribution in [-0.2, 0) is 6.42 Å². The predicted octanol–water partition coefficient (Wildman–Crippen LogP) is 3.04. The summed E-state index contributed by atoms with van der Waals surface area (Å²) in [6.07, 6.45) is 6.96. The highest BCUT2D eigenvalue weighted by Crippen LogP contribution is 2.26. The van der Waals surface area contributed by atoms with Crippen LogP contribution in [0.25, 0.3) is 0 Å². The van der Waals surface area contributed by atoms with Crippen molar-refractivity contribution >= 4 is 0 Å². The molecule has 0 atom stereocenters. The van der Waals surface area contributed by atoms with Crippen molar-refractivity contribution < 1.29 is 9.13 Å². The van der Waals surface area contributed by atoms with E-state index in [-0.39, 0.29) is 5.82 Å². The molecule has 3 heteroatoms. The Morgan fingerprint density at radius 1 is 1.24 bits per heavy atom. The summed E-state index contributed by atoms with van der Waals surface area (Å²) in [5, 5.41) is 0. The quantitative estimate of drug-likeness (QED) is 0.873. The fourth-order valence-electron chi connectivity index (χ4n) is 2.38. The molecule has 2 N–H and O–H groups in total. The monoisotopic (exact) mass is 237 g/mol. The van der Waals surface area contributed by atoms with Gasteiger partial charge < -0.3 is 10.5 Å². The van der Waals surface area contributed by atoms with Gasteiger partial charge in [0.2, 0.25) is 0 Å². The molecule has 2 rings (SSSR count). The summed E-state index contributed by atoms with van der Waals surface area (Å²) in [7, 11) is 0. The molecule has 1 aromatic carbocycles. The number of ether oxygens (including phenoxy) is 1. The second-order valence-electron chi connectivity index (χ2n) is 4.67. The molecule has 1 aromatic rings. The Morgan fingerprint density at radius 2 is 2.00 bits per heavy atom. The van der Waals surface area contributed by atoms with E-state index >= 15 is 0 Å². The van der Waals surface area contributed by atoms with Crippen LogP contribution in [0, 0.1) is 5.82 Å². The zero-order chi connectivity index (χ0) is 12.1. The first-order valence-corrected chi connectivity index (χ1v) is 6.45. The second kappa shape index (κ2) is 6.01. The van der Waals surface area contributed by atoms with Gasteiger partial charge in [0.05, 0.1) is 6.10 Å². The summed E-state index contributed by atoms with van der Waals surface area (Å²) >= 11 is 0. The standard InChI is InChI=1S/C14H20FNO/c15-12-6-7-14(11(10-12)8-9-16)17-13-4-2-1-3-5-13/h6-7,10,13H,1-5,8-9,16H2. The molecular weight excluding hydrogens is 217 g/mol. The number of nitrogens with two attached hydrogens (primary N) is 1. The summed E-state index contributed by atoms with van der Waals surface area (Å²) in [5.41, 5.74) is 6.42. The van der Waals surface area contributed by atoms with Crippen molar-refractivity contribution in [2.75, 3.05) is 6.54 Å². The van der Waals surface area contributed by atoms with Crippen LogP contribution in [0.5, 0.6) is 5.75 Å². The SMILES string of the molecule is NCCc1cc(F)ccc1OC1CCCCC1. The third kappa shape index (κ3) is 3.43. The van der Waals surface area contributed by atoms with E-state index in [0.29, 0.717) is 19.1 Å². The Balaban J connectivity index is 2.07. The summed E-state index contributed by atoms with van der Waals surface area (Å²) < 4.78 is 19.1. The molecule has 1 aliphatic rings. The van der Waals surface area contributed by atoms with E-state index in [1.165, 1.54) is 31.4 Å². The van der Waals surface area contributed by atoms with Crippen molar-refractivity contribution in [1.29, 1.82) is 0 Å². The van der Waals surface area contributed by atoms with Crippen molar-refractivity contribution in [3.63, 3.8) is 0 Å². The lowest BCUT2D eigenvalue weighted by atomic mass is 9.97. The predicted molar refractivity (Wildman–Crippen MR) is 66.7 cm³/mol. The minimum atomic E-state index is -0.218. The molecule has 17 heavy (non-hydrogen) atoms. The maximum absolute atomic E-state index is 13.2. The fraction of sp³-hybridized carbons (Fsp3) is 0.571. The van der Waals surface area contributed by atoms with E-state index in [4.69, 9.17) is 10.5 Å². The van der Waals surface area contributed by atoms with E-state index < -0.39 is 0 Å². The largest absolute Gasteiger partial charge is 0.490 e. The maximum atomic E-state index is 13.2. The number of rotatable bonds is 4. The molecule has 0 aliphatic heterocycles. The van der Waals surface area contributed by atoms with Gasteiger partial charge in [-0.15, -0.1) is 0 Å². The highest BCUT2D eigenvalue weighted by Gasteiger charge is 2.16. The first-order valence-electron chi connectivity index (χ1n) is 6.45. The zero-order valence-corrected chi connectivity index (χ0v) is 10.1. The lowest BCUT2D eigenvalue weighted by Gasteiger charge is -2.24. The number of benzene rings is 1. The zero-order valence-electron chi connectivity index (χ0n) is 10.1. The smallest absolute Gasteiger partial charge is 0.123 e. The van der Waals surface area contributed by atoms with Crippen LogP contribution in [-0.4, -0.2) is 12.6 Å². The normalized spacial score (nSPS) is 17.1. The molecule has 1 saturated carbocycles. The Hall–Kier alpha value is -1.09. The van der Waals surface area contributed by atoms with Crippen molar-refractivity contribution in [1.82, 2.24) is 0 Å². The molecule has 1 aliphatic carbocycles. The Labute approximate surface area is 102 Å². The molecule has 0 unspecified atom stereocenters. The van der Waals surface area contributed by atoms with E-state index in [9.17, 15) is 4.39 Å². The minimum Gasteiger partial charge on any atom is -0.490 e. The topological polar surface area (TPSA) is 35.2 Å². The molecule has 0 spiro atoms. The third-order valence-corrected chi connectivity index (χ3v) is 3.28. The van der Waals surface area contributed by atoms with Crippen LogP contribution < -0.4 is 10.5 Å². The Morgan fingerprint density at radius 3 is 2.71 bits per heavy atom. The van der Waals surface area contributed by atoms with Crippen LogP contribution in [0.3, 0.4) is 0 Å². The van der Waals surface area contributed by atoms with Gasteiger partial charge in [-0.2, -0.15) is 0 Å². The molecular formula is C14H20FNO. The molecule has 0 saturated heterocycles. The molecule has 0 amide bonds. The van der Waals surface area contributed by atoms with Crippen molar-refractivity contribution in [3.8, 4) is 5.75 Å². The van der Waals surface area contributed by atoms with Gasteiger partial charge in [0.1, 0.15) is 11.6 Å². The fourth-order valence-corrected chi connectivity index (χ4v) is 2.38. The summed E-state index contributed by atoms with van der Waals surface area (Å²) in [6, 6.07) is 4.72. The summed E-state index contributed by atoms with van der Waals surface area (Å²) in [4.78, 5) is 0. The lowest BCUT2D eigenvalue weighted by Crippen LogP contribution is -2.20. The van der Waals surface area contributed by atoms with Gasteiger partial charge >= 0.3 is 0 Å². The van der Waals surface area contributed by atoms with Crippen molar-refractivity contribution in [3.05, 3.63) is 29.6 Å². The Bertz CT molecular complexity index is 361. The average Bonchev–Trinajstić information content (AvgIpc) is 2.34. The van der Waals surface area contributed by atoms with Gasteiger partial charge in [0, 0.05) is 0 Å². The average molecular weight is 237 g/mol. The van der Waals surface area contributed by atoms with Gasteiger partial charge in [0.25, 0.3) is 0 Å². The Kier molecular flexibility index (Phi) is 4.37. The van der Waals surface area contributed by atoms with Crippen molar-refractivity contribution in [2.45, 2.75) is 44.6 Å². The second-order valence-corrected chi connectivity index (χ2v) is 4.67. The summed E-state index contributed by atoms with van der Waals surface area (Å²) in [5.74, 6) is 0.591. The maximum Gasteiger partial charge on any atom is 0.123 e. The van der Waals surface area contributed by atoms with Crippen LogP contribution in [0.15, 0.2) is 18.2 Å². The number of hydrogen-bond acceptors (Lipinski definition) is 2. The van der Waals surface area contributed by atoms with Crippen LogP contribution in [0.4, 0.5) is 4.39 Å². The van der Waals surface area contributed by atoms with E-state index in [0.717, 1.165) is 24.2 Å². The van der Waals surface area contributed by atoms with Crippen molar-refractivity contribution in [2.24, 2.45) is 5.73 Å². The summed E-state index contributed by atoms with van der Waals surface area (Å²) in [6.45, 7) is 0.518. The molecule has 0 aromatic heterocycles. The molecule has 0 bridgehead atoms. The minimum absolute atomic E-state index is 0.218. The van der Waals surface area contributed by atoms with E-state index in [1.807, 2.05) is 0 Å². The van der Waals surface area contributed by atoms with Gasteiger partial charge in [0.15, 0.2) is 0 Å². The molecule has 0 radical (unpaired) electrons. The molecule has 1 fully saturated rings. The van der Waals surface area contributed by atoms with Crippen LogP contribution in [0.2, 0.25) is 0 Å². The third-order valence-electron chi connectivity index (χ3n) is 3.28. The molecule has 94 valence electrons. The highest BCUT2D eigenvalue weighted by molar-refractivity contribution is 5.34. The highest BCUT2D eigenvalue weighted by atomic mass is 19.1. The first kappa shape index (κ1) is 12.4. The van der Waals surface area contributed by atoms with Gasteiger partial charge in [-0.1, -0.05) is 6.42 Å². The number of halogens is 1.